The Hall–Kier alpha value is -4.47. The first-order valence-electron chi connectivity index (χ1n) is 12.3. The van der Waals surface area contributed by atoms with Crippen LogP contribution in [-0.2, 0) is 20.6 Å². The van der Waals surface area contributed by atoms with Gasteiger partial charge in [-0.2, -0.15) is 13.2 Å². The lowest BCUT2D eigenvalue weighted by atomic mass is 9.92. The highest BCUT2D eigenvalue weighted by molar-refractivity contribution is 6.22. The van der Waals surface area contributed by atoms with Crippen LogP contribution in [-0.4, -0.2) is 29.5 Å². The van der Waals surface area contributed by atoms with E-state index in [-0.39, 0.29) is 5.69 Å². The number of Topliss-reactive ketones (excluding diaryl/α,β-unsaturated/α-hetero) is 1. The molecule has 1 aliphatic rings. The molecule has 39 heavy (non-hydrogen) atoms. The van der Waals surface area contributed by atoms with Crippen LogP contribution in [0.4, 0.5) is 24.5 Å². The Morgan fingerprint density at radius 1 is 0.974 bits per heavy atom. The summed E-state index contributed by atoms with van der Waals surface area (Å²) in [4.78, 5) is 53.1. The Kier molecular flexibility index (Phi) is 7.58. The molecular weight excluding hydrogens is 511 g/mol. The van der Waals surface area contributed by atoms with Crippen molar-refractivity contribution < 1.29 is 32.3 Å². The summed E-state index contributed by atoms with van der Waals surface area (Å²) in [6.07, 6.45) is -5.65. The van der Waals surface area contributed by atoms with E-state index in [2.05, 4.69) is 5.32 Å². The summed E-state index contributed by atoms with van der Waals surface area (Å²) >= 11 is 0. The number of imide groups is 1. The molecule has 0 aliphatic carbocycles. The number of amides is 3. The SMILES string of the molecule is CC1C(=O)N(C(=O)[C@H](C)NC(=O)CCC(=O)c2ccccc2C(F)(F)F)c2cccc(N)c2-c2ccccc21. The van der Waals surface area contributed by atoms with E-state index in [9.17, 15) is 32.3 Å². The van der Waals surface area contributed by atoms with Crippen molar-refractivity contribution in [3.63, 3.8) is 0 Å². The molecule has 0 saturated heterocycles. The Morgan fingerprint density at radius 2 is 1.64 bits per heavy atom. The topological polar surface area (TPSA) is 110 Å². The van der Waals surface area contributed by atoms with Gasteiger partial charge in [0, 0.05) is 29.7 Å². The van der Waals surface area contributed by atoms with Crippen molar-refractivity contribution in [2.45, 2.75) is 44.8 Å². The van der Waals surface area contributed by atoms with Crippen molar-refractivity contribution in [1.82, 2.24) is 5.32 Å². The summed E-state index contributed by atoms with van der Waals surface area (Å²) in [6, 6.07) is 15.3. The zero-order valence-electron chi connectivity index (χ0n) is 21.2. The fourth-order valence-electron chi connectivity index (χ4n) is 4.72. The van der Waals surface area contributed by atoms with E-state index in [0.717, 1.165) is 22.6 Å². The van der Waals surface area contributed by atoms with Gasteiger partial charge in [0.15, 0.2) is 5.78 Å². The van der Waals surface area contributed by atoms with Crippen LogP contribution in [0.2, 0.25) is 0 Å². The summed E-state index contributed by atoms with van der Waals surface area (Å²) in [5.41, 5.74) is 7.25. The van der Waals surface area contributed by atoms with Gasteiger partial charge in [-0.15, -0.1) is 0 Å². The number of hydrogen-bond acceptors (Lipinski definition) is 5. The number of rotatable bonds is 6. The second kappa shape index (κ2) is 10.7. The van der Waals surface area contributed by atoms with Crippen LogP contribution in [0.1, 0.15) is 54.1 Å². The predicted molar refractivity (Wildman–Crippen MR) is 140 cm³/mol. The van der Waals surface area contributed by atoms with Gasteiger partial charge in [-0.3, -0.25) is 19.2 Å². The minimum absolute atomic E-state index is 0.279. The number of halogens is 3. The monoisotopic (exact) mass is 537 g/mol. The average molecular weight is 538 g/mol. The molecule has 0 fully saturated rings. The zero-order valence-corrected chi connectivity index (χ0v) is 21.2. The number of nitrogens with zero attached hydrogens (tertiary/aromatic N) is 1. The molecule has 3 aromatic carbocycles. The number of nitrogens with one attached hydrogen (secondary N) is 1. The minimum atomic E-state index is -4.72. The van der Waals surface area contributed by atoms with E-state index in [0.29, 0.717) is 16.8 Å². The molecule has 0 bridgehead atoms. The van der Waals surface area contributed by atoms with Gasteiger partial charge in [-0.25, -0.2) is 4.90 Å². The van der Waals surface area contributed by atoms with Gasteiger partial charge >= 0.3 is 6.18 Å². The molecule has 2 atom stereocenters. The van der Waals surface area contributed by atoms with Crippen molar-refractivity contribution in [3.8, 4) is 11.1 Å². The number of carbonyl (C=O) groups is 4. The number of ketones is 1. The quantitative estimate of drug-likeness (QED) is 0.336. The highest BCUT2D eigenvalue weighted by Crippen LogP contribution is 2.44. The van der Waals surface area contributed by atoms with E-state index in [1.54, 1.807) is 43.3 Å². The van der Waals surface area contributed by atoms with E-state index >= 15 is 0 Å². The Morgan fingerprint density at radius 3 is 2.36 bits per heavy atom. The van der Waals surface area contributed by atoms with Crippen molar-refractivity contribution >= 4 is 34.9 Å². The standard InChI is InChI=1S/C29H26F3N3O4/c1-16-18-8-3-4-9-19(18)26-22(33)12-7-13-23(26)35(27(16)38)28(39)17(2)34-25(37)15-14-24(36)20-10-5-6-11-21(20)29(30,31)32/h3-13,16-17H,14-15,33H2,1-2H3,(H,34,37)/t16?,17-/m0/s1. The van der Waals surface area contributed by atoms with Crippen molar-refractivity contribution in [2.24, 2.45) is 0 Å². The zero-order chi connectivity index (χ0) is 28.5. The molecular formula is C29H26F3N3O4. The number of fused-ring (bicyclic) bond motifs is 3. The summed E-state index contributed by atoms with van der Waals surface area (Å²) in [5.74, 6) is -3.48. The van der Waals surface area contributed by atoms with E-state index in [1.807, 2.05) is 6.07 Å². The van der Waals surface area contributed by atoms with Crippen LogP contribution in [0.25, 0.3) is 11.1 Å². The normalized spacial score (nSPS) is 15.6. The molecule has 3 N–H and O–H groups in total. The van der Waals surface area contributed by atoms with Gasteiger partial charge in [0.1, 0.15) is 6.04 Å². The summed E-state index contributed by atoms with van der Waals surface area (Å²) < 4.78 is 39.7. The van der Waals surface area contributed by atoms with Gasteiger partial charge in [0.25, 0.3) is 5.91 Å². The van der Waals surface area contributed by atoms with E-state index in [4.69, 9.17) is 5.73 Å². The molecule has 3 aromatic rings. The lowest BCUT2D eigenvalue weighted by Crippen LogP contribution is -2.50. The molecule has 1 aliphatic heterocycles. The lowest BCUT2D eigenvalue weighted by molar-refractivity contribution is -0.138. The van der Waals surface area contributed by atoms with E-state index < -0.39 is 65.6 Å². The maximum absolute atomic E-state index is 13.5. The maximum Gasteiger partial charge on any atom is 0.417 e. The minimum Gasteiger partial charge on any atom is -0.398 e. The molecule has 7 nitrogen and oxygen atoms in total. The third kappa shape index (κ3) is 5.41. The highest BCUT2D eigenvalue weighted by Gasteiger charge is 2.38. The lowest BCUT2D eigenvalue weighted by Gasteiger charge is -2.26. The molecule has 1 heterocycles. The first-order chi connectivity index (χ1) is 18.4. The number of hydrogen-bond donors (Lipinski definition) is 2. The van der Waals surface area contributed by atoms with Crippen LogP contribution in [0.5, 0.6) is 0 Å². The third-order valence-corrected chi connectivity index (χ3v) is 6.68. The largest absolute Gasteiger partial charge is 0.417 e. The highest BCUT2D eigenvalue weighted by atomic mass is 19.4. The van der Waals surface area contributed by atoms with Crippen molar-refractivity contribution in [3.05, 3.63) is 83.4 Å². The van der Waals surface area contributed by atoms with Crippen LogP contribution in [0.15, 0.2) is 66.7 Å². The summed E-state index contributed by atoms with van der Waals surface area (Å²) in [5, 5.41) is 2.46. The molecule has 1 unspecified atom stereocenters. The second-order valence-corrected chi connectivity index (χ2v) is 9.32. The Bertz CT molecular complexity index is 1470. The number of alkyl halides is 3. The van der Waals surface area contributed by atoms with Crippen molar-refractivity contribution in [2.75, 3.05) is 10.6 Å². The molecule has 4 rings (SSSR count). The number of carbonyl (C=O) groups excluding carboxylic acids is 4. The number of anilines is 2. The molecule has 0 saturated carbocycles. The Balaban J connectivity index is 1.52. The molecule has 0 aromatic heterocycles. The second-order valence-electron chi connectivity index (χ2n) is 9.32. The van der Waals surface area contributed by atoms with Gasteiger partial charge in [0.05, 0.1) is 17.2 Å². The van der Waals surface area contributed by atoms with Crippen LogP contribution >= 0.6 is 0 Å². The number of nitrogens with two attached hydrogens (primary N) is 1. The molecule has 3 amide bonds. The third-order valence-electron chi connectivity index (χ3n) is 6.68. The fraction of sp³-hybridized carbons (Fsp3) is 0.241. The predicted octanol–water partition coefficient (Wildman–Crippen LogP) is 5.10. The van der Waals surface area contributed by atoms with Gasteiger partial charge in [0.2, 0.25) is 11.8 Å². The van der Waals surface area contributed by atoms with Crippen molar-refractivity contribution in [1.29, 1.82) is 0 Å². The van der Waals surface area contributed by atoms with Crippen LogP contribution in [0, 0.1) is 0 Å². The smallest absolute Gasteiger partial charge is 0.398 e. The molecule has 10 heteroatoms. The van der Waals surface area contributed by atoms with Gasteiger partial charge < -0.3 is 11.1 Å². The summed E-state index contributed by atoms with van der Waals surface area (Å²) in [7, 11) is 0. The fourth-order valence-corrected chi connectivity index (χ4v) is 4.72. The number of nitrogen functional groups attached to an aromatic ring is 1. The van der Waals surface area contributed by atoms with Gasteiger partial charge in [-0.1, -0.05) is 48.5 Å². The average Bonchev–Trinajstić information content (AvgIpc) is 2.99. The van der Waals surface area contributed by atoms with E-state index in [1.165, 1.54) is 19.1 Å². The molecule has 202 valence electrons. The number of benzene rings is 3. The maximum atomic E-state index is 13.5. The molecule has 0 radical (unpaired) electrons. The molecule has 0 spiro atoms. The first-order valence-corrected chi connectivity index (χ1v) is 12.3. The van der Waals surface area contributed by atoms with Crippen LogP contribution < -0.4 is 16.0 Å². The summed E-state index contributed by atoms with van der Waals surface area (Å²) in [6.45, 7) is 3.07. The Labute approximate surface area is 222 Å². The van der Waals surface area contributed by atoms with Crippen LogP contribution in [0.3, 0.4) is 0 Å². The van der Waals surface area contributed by atoms with Gasteiger partial charge in [-0.05, 0) is 43.2 Å². The first kappa shape index (κ1) is 27.6.